The topological polar surface area (TPSA) is 100 Å². The maximum absolute atomic E-state index is 12.7. The van der Waals surface area contributed by atoms with Gasteiger partial charge in [0.15, 0.2) is 0 Å². The largest absolute Gasteiger partial charge is 0.486 e. The van der Waals surface area contributed by atoms with Crippen LogP contribution in [0, 0.1) is 11.3 Å². The van der Waals surface area contributed by atoms with Crippen LogP contribution in [0.2, 0.25) is 10.0 Å². The third-order valence-electron chi connectivity index (χ3n) is 4.29. The lowest BCUT2D eigenvalue weighted by atomic mass is 9.95. The number of esters is 1. The number of amides is 2. The number of nitriles is 1. The van der Waals surface area contributed by atoms with E-state index in [4.69, 9.17) is 37.9 Å². The molecule has 0 aromatic heterocycles. The molecule has 0 radical (unpaired) electrons. The van der Waals surface area contributed by atoms with Gasteiger partial charge in [-0.2, -0.15) is 5.26 Å². The Kier molecular flexibility index (Phi) is 6.83. The fourth-order valence-electron chi connectivity index (χ4n) is 2.92. The molecule has 1 unspecified atom stereocenters. The predicted octanol–water partition coefficient (Wildman–Crippen LogP) is 4.12. The zero-order valence-corrected chi connectivity index (χ0v) is 17.4. The summed E-state index contributed by atoms with van der Waals surface area (Å²) in [6, 6.07) is 12.1. The second-order valence-corrected chi connectivity index (χ2v) is 7.09. The Morgan fingerprint density at radius 2 is 1.93 bits per heavy atom. The van der Waals surface area contributed by atoms with Gasteiger partial charge >= 0.3 is 12.0 Å². The Morgan fingerprint density at radius 3 is 2.57 bits per heavy atom. The average molecular weight is 446 g/mol. The molecule has 0 saturated carbocycles. The molecule has 0 bridgehead atoms. The number of nitrogens with one attached hydrogen (secondary N) is 2. The number of hydrogen-bond acceptors (Lipinski definition) is 5. The number of rotatable bonds is 6. The van der Waals surface area contributed by atoms with E-state index in [0.717, 1.165) is 0 Å². The van der Waals surface area contributed by atoms with E-state index in [9.17, 15) is 9.59 Å². The first-order valence-electron chi connectivity index (χ1n) is 8.98. The van der Waals surface area contributed by atoms with Crippen LogP contribution in [0.4, 0.5) is 4.79 Å². The van der Waals surface area contributed by atoms with Crippen molar-refractivity contribution in [2.75, 3.05) is 13.2 Å². The third kappa shape index (κ3) is 4.85. The summed E-state index contributed by atoms with van der Waals surface area (Å²) in [6.45, 7) is 1.72. The van der Waals surface area contributed by atoms with Crippen LogP contribution in [0.3, 0.4) is 0 Å². The molecule has 2 aromatic carbocycles. The normalized spacial score (nSPS) is 15.7. The maximum Gasteiger partial charge on any atom is 0.338 e. The van der Waals surface area contributed by atoms with E-state index in [-0.39, 0.29) is 29.5 Å². The molecule has 2 amide bonds. The molecule has 1 aliphatic heterocycles. The van der Waals surface area contributed by atoms with Crippen molar-refractivity contribution in [1.29, 1.82) is 5.26 Å². The SMILES string of the molecule is CCOC(=O)C1=C(COc2ccc(C#N)cc2Cl)NC(=O)NC1c1ccc(Cl)cc1. The molecular formula is C21H17Cl2N3O4. The lowest BCUT2D eigenvalue weighted by Crippen LogP contribution is -2.47. The van der Waals surface area contributed by atoms with Gasteiger partial charge in [0.1, 0.15) is 12.4 Å². The standard InChI is InChI=1S/C21H17Cl2N3O4/c1-2-29-20(27)18-16(11-30-17-8-3-12(10-24)9-15(17)23)25-21(28)26-19(18)13-4-6-14(22)7-5-13/h3-9,19H,2,11H2,1H3,(H2,25,26,28). The highest BCUT2D eigenvalue weighted by Crippen LogP contribution is 2.30. The van der Waals surface area contributed by atoms with Crippen LogP contribution in [-0.2, 0) is 9.53 Å². The van der Waals surface area contributed by atoms with Crippen molar-refractivity contribution in [1.82, 2.24) is 10.6 Å². The summed E-state index contributed by atoms with van der Waals surface area (Å²) < 4.78 is 10.9. The number of ether oxygens (including phenoxy) is 2. The molecule has 2 N–H and O–H groups in total. The average Bonchev–Trinajstić information content (AvgIpc) is 2.73. The van der Waals surface area contributed by atoms with Crippen molar-refractivity contribution in [2.45, 2.75) is 13.0 Å². The highest BCUT2D eigenvalue weighted by Gasteiger charge is 2.34. The van der Waals surface area contributed by atoms with Crippen LogP contribution in [0.15, 0.2) is 53.7 Å². The Morgan fingerprint density at radius 1 is 1.20 bits per heavy atom. The third-order valence-corrected chi connectivity index (χ3v) is 4.83. The molecule has 0 saturated heterocycles. The molecule has 1 atom stereocenters. The zero-order chi connectivity index (χ0) is 21.7. The van der Waals surface area contributed by atoms with E-state index >= 15 is 0 Å². The molecule has 2 aromatic rings. The molecular weight excluding hydrogens is 429 g/mol. The second-order valence-electron chi connectivity index (χ2n) is 6.24. The minimum Gasteiger partial charge on any atom is -0.486 e. The number of nitrogens with zero attached hydrogens (tertiary/aromatic N) is 1. The summed E-state index contributed by atoms with van der Waals surface area (Å²) in [6.07, 6.45) is 0. The first kappa shape index (κ1) is 21.5. The molecule has 1 heterocycles. The van der Waals surface area contributed by atoms with Crippen LogP contribution < -0.4 is 15.4 Å². The molecule has 1 aliphatic rings. The van der Waals surface area contributed by atoms with E-state index in [1.165, 1.54) is 6.07 Å². The summed E-state index contributed by atoms with van der Waals surface area (Å²) in [5.41, 5.74) is 1.50. The molecule has 3 rings (SSSR count). The Balaban J connectivity index is 1.96. The van der Waals surface area contributed by atoms with Gasteiger partial charge in [0.05, 0.1) is 40.6 Å². The molecule has 154 valence electrons. The van der Waals surface area contributed by atoms with E-state index in [1.807, 2.05) is 6.07 Å². The number of carbonyl (C=O) groups excluding carboxylic acids is 2. The summed E-state index contributed by atoms with van der Waals surface area (Å²) >= 11 is 12.1. The van der Waals surface area contributed by atoms with Gasteiger partial charge in [-0.05, 0) is 42.8 Å². The van der Waals surface area contributed by atoms with E-state index in [2.05, 4.69) is 10.6 Å². The van der Waals surface area contributed by atoms with Gasteiger partial charge in [-0.3, -0.25) is 0 Å². The number of urea groups is 1. The predicted molar refractivity (Wildman–Crippen MR) is 111 cm³/mol. The minimum absolute atomic E-state index is 0.142. The van der Waals surface area contributed by atoms with Crippen molar-refractivity contribution in [3.05, 3.63) is 74.9 Å². The van der Waals surface area contributed by atoms with Gasteiger partial charge < -0.3 is 20.1 Å². The summed E-state index contributed by atoms with van der Waals surface area (Å²) in [5.74, 6) is -0.281. The molecule has 0 fully saturated rings. The highest BCUT2D eigenvalue weighted by atomic mass is 35.5. The van der Waals surface area contributed by atoms with Gasteiger partial charge in [0.2, 0.25) is 0 Å². The summed E-state index contributed by atoms with van der Waals surface area (Å²) in [5, 5.41) is 15.0. The van der Waals surface area contributed by atoms with Crippen molar-refractivity contribution >= 4 is 35.2 Å². The fourth-order valence-corrected chi connectivity index (χ4v) is 3.29. The van der Waals surface area contributed by atoms with Crippen molar-refractivity contribution in [2.24, 2.45) is 0 Å². The van der Waals surface area contributed by atoms with Gasteiger partial charge in [0, 0.05) is 5.02 Å². The van der Waals surface area contributed by atoms with Gasteiger partial charge in [0.25, 0.3) is 0 Å². The molecule has 0 aliphatic carbocycles. The molecule has 30 heavy (non-hydrogen) atoms. The Hall–Kier alpha value is -3.21. The van der Waals surface area contributed by atoms with Gasteiger partial charge in [-0.1, -0.05) is 35.3 Å². The zero-order valence-electron chi connectivity index (χ0n) is 15.9. The number of halogens is 2. The van der Waals surface area contributed by atoms with Gasteiger partial charge in [-0.15, -0.1) is 0 Å². The van der Waals surface area contributed by atoms with Crippen LogP contribution >= 0.6 is 23.2 Å². The summed E-state index contributed by atoms with van der Waals surface area (Å²) in [7, 11) is 0. The fraction of sp³-hybridized carbons (Fsp3) is 0.190. The molecule has 9 heteroatoms. The van der Waals surface area contributed by atoms with Crippen LogP contribution in [0.25, 0.3) is 0 Å². The quantitative estimate of drug-likeness (QED) is 0.651. The lowest BCUT2D eigenvalue weighted by molar-refractivity contribution is -0.139. The maximum atomic E-state index is 12.7. The van der Waals surface area contributed by atoms with Crippen LogP contribution in [0.5, 0.6) is 5.75 Å². The molecule has 0 spiro atoms. The van der Waals surface area contributed by atoms with Crippen LogP contribution in [0.1, 0.15) is 24.1 Å². The monoisotopic (exact) mass is 445 g/mol. The van der Waals surface area contributed by atoms with Gasteiger partial charge in [-0.25, -0.2) is 9.59 Å². The smallest absolute Gasteiger partial charge is 0.338 e. The minimum atomic E-state index is -0.745. The Bertz CT molecular complexity index is 1050. The Labute approximate surface area is 183 Å². The number of carbonyl (C=O) groups is 2. The first-order chi connectivity index (χ1) is 14.4. The van der Waals surface area contributed by atoms with E-state index < -0.39 is 18.0 Å². The first-order valence-corrected chi connectivity index (χ1v) is 9.74. The van der Waals surface area contributed by atoms with Crippen molar-refractivity contribution in [3.8, 4) is 11.8 Å². The number of hydrogen-bond donors (Lipinski definition) is 2. The summed E-state index contributed by atoms with van der Waals surface area (Å²) in [4.78, 5) is 25.0. The number of benzene rings is 2. The lowest BCUT2D eigenvalue weighted by Gasteiger charge is -2.29. The second kappa shape index (κ2) is 9.53. The molecule has 7 nitrogen and oxygen atoms in total. The highest BCUT2D eigenvalue weighted by molar-refractivity contribution is 6.32. The van der Waals surface area contributed by atoms with Crippen molar-refractivity contribution in [3.63, 3.8) is 0 Å². The van der Waals surface area contributed by atoms with Crippen molar-refractivity contribution < 1.29 is 19.1 Å². The van der Waals surface area contributed by atoms with E-state index in [1.54, 1.807) is 43.3 Å². The van der Waals surface area contributed by atoms with Crippen LogP contribution in [-0.4, -0.2) is 25.2 Å². The van der Waals surface area contributed by atoms with E-state index in [0.29, 0.717) is 21.9 Å².